The van der Waals surface area contributed by atoms with E-state index in [0.29, 0.717) is 27.6 Å². The Labute approximate surface area is 169 Å². The molecule has 4 rings (SSSR count). The predicted molar refractivity (Wildman–Crippen MR) is 104 cm³/mol. The number of benzene rings is 2. The number of rotatable bonds is 4. The molecule has 1 saturated heterocycles. The first-order valence-electron chi connectivity index (χ1n) is 8.16. The third-order valence-electron chi connectivity index (χ3n) is 4.25. The van der Waals surface area contributed by atoms with Crippen molar-refractivity contribution < 1.29 is 28.9 Å². The van der Waals surface area contributed by atoms with Gasteiger partial charge in [-0.1, -0.05) is 17.7 Å². The van der Waals surface area contributed by atoms with E-state index in [0.717, 1.165) is 16.7 Å². The topological polar surface area (TPSA) is 85.3 Å². The molecule has 0 aliphatic carbocycles. The number of amides is 2. The molecular formula is C19H14ClNO6S. The minimum absolute atomic E-state index is 0.00907. The summed E-state index contributed by atoms with van der Waals surface area (Å²) in [6.07, 6.45) is 1.58. The van der Waals surface area contributed by atoms with Gasteiger partial charge in [0, 0.05) is 11.1 Å². The second kappa shape index (κ2) is 7.29. The average molecular weight is 420 g/mol. The van der Waals surface area contributed by atoms with Crippen LogP contribution in [-0.4, -0.2) is 35.1 Å². The summed E-state index contributed by atoms with van der Waals surface area (Å²) in [5.41, 5.74) is 1.21. The highest BCUT2D eigenvalue weighted by Gasteiger charge is 2.35. The largest absolute Gasteiger partial charge is 0.504 e. The summed E-state index contributed by atoms with van der Waals surface area (Å²) >= 11 is 7.09. The van der Waals surface area contributed by atoms with Crippen molar-refractivity contribution >= 4 is 40.6 Å². The minimum atomic E-state index is -0.421. The van der Waals surface area contributed by atoms with Gasteiger partial charge in [0.1, 0.15) is 0 Å². The maximum absolute atomic E-state index is 12.7. The van der Waals surface area contributed by atoms with Crippen LogP contribution in [0.4, 0.5) is 4.79 Å². The summed E-state index contributed by atoms with van der Waals surface area (Å²) in [4.78, 5) is 26.5. The molecule has 144 valence electrons. The first-order chi connectivity index (χ1) is 13.5. The van der Waals surface area contributed by atoms with Crippen molar-refractivity contribution in [1.29, 1.82) is 0 Å². The second-order valence-electron chi connectivity index (χ2n) is 6.00. The monoisotopic (exact) mass is 419 g/mol. The lowest BCUT2D eigenvalue weighted by Gasteiger charge is -2.14. The van der Waals surface area contributed by atoms with E-state index in [-0.39, 0.29) is 29.7 Å². The standard InChI is InChI=1S/C19H14ClNO6S/c1-25-14-4-10(2-3-13(14)22)5-17-18(23)21(19(24)28-17)8-11-6-15-16(7-12(11)20)27-9-26-15/h2-7,22H,8-9H2,1H3/b17-5+. The zero-order valence-corrected chi connectivity index (χ0v) is 16.2. The van der Waals surface area contributed by atoms with Crippen LogP contribution in [0.3, 0.4) is 0 Å². The molecule has 2 aromatic carbocycles. The number of carbonyl (C=O) groups excluding carboxylic acids is 2. The smallest absolute Gasteiger partial charge is 0.293 e. The summed E-state index contributed by atoms with van der Waals surface area (Å²) in [5, 5.41) is 9.67. The fourth-order valence-corrected chi connectivity index (χ4v) is 3.87. The number of methoxy groups -OCH3 is 1. The van der Waals surface area contributed by atoms with Crippen LogP contribution < -0.4 is 14.2 Å². The maximum atomic E-state index is 12.7. The number of ether oxygens (including phenoxy) is 3. The number of hydrogen-bond donors (Lipinski definition) is 1. The molecule has 9 heteroatoms. The van der Waals surface area contributed by atoms with E-state index in [2.05, 4.69) is 0 Å². The van der Waals surface area contributed by atoms with Gasteiger partial charge in [0.05, 0.1) is 18.6 Å². The first-order valence-corrected chi connectivity index (χ1v) is 9.36. The molecule has 1 N–H and O–H groups in total. The quantitative estimate of drug-likeness (QED) is 0.749. The van der Waals surface area contributed by atoms with Crippen molar-refractivity contribution in [3.63, 3.8) is 0 Å². The molecular weight excluding hydrogens is 406 g/mol. The molecule has 0 atom stereocenters. The summed E-state index contributed by atoms with van der Waals surface area (Å²) < 4.78 is 15.7. The Morgan fingerprint density at radius 1 is 1.25 bits per heavy atom. The Bertz CT molecular complexity index is 1020. The van der Waals surface area contributed by atoms with Crippen molar-refractivity contribution in [2.75, 3.05) is 13.9 Å². The Kier molecular flexibility index (Phi) is 4.82. The maximum Gasteiger partial charge on any atom is 0.293 e. The molecule has 0 aromatic heterocycles. The van der Waals surface area contributed by atoms with Crippen molar-refractivity contribution in [2.45, 2.75) is 6.54 Å². The number of nitrogens with zero attached hydrogens (tertiary/aromatic N) is 1. The number of imide groups is 1. The lowest BCUT2D eigenvalue weighted by molar-refractivity contribution is -0.123. The molecule has 28 heavy (non-hydrogen) atoms. The molecule has 7 nitrogen and oxygen atoms in total. The van der Waals surface area contributed by atoms with Crippen molar-refractivity contribution in [3.05, 3.63) is 51.4 Å². The van der Waals surface area contributed by atoms with Gasteiger partial charge in [0.2, 0.25) is 6.79 Å². The molecule has 2 amide bonds. The highest BCUT2D eigenvalue weighted by molar-refractivity contribution is 8.18. The van der Waals surface area contributed by atoms with Crippen molar-refractivity contribution in [3.8, 4) is 23.0 Å². The highest BCUT2D eigenvalue weighted by Crippen LogP contribution is 2.39. The highest BCUT2D eigenvalue weighted by atomic mass is 35.5. The van der Waals surface area contributed by atoms with E-state index in [9.17, 15) is 14.7 Å². The Hall–Kier alpha value is -2.84. The number of fused-ring (bicyclic) bond motifs is 1. The van der Waals surface area contributed by atoms with Gasteiger partial charge in [-0.05, 0) is 47.2 Å². The fourth-order valence-electron chi connectivity index (χ4n) is 2.82. The van der Waals surface area contributed by atoms with Crippen LogP contribution >= 0.6 is 23.4 Å². The minimum Gasteiger partial charge on any atom is -0.504 e. The summed E-state index contributed by atoms with van der Waals surface area (Å²) in [5.74, 6) is 0.906. The first kappa shape index (κ1) is 18.5. The molecule has 2 aromatic rings. The Morgan fingerprint density at radius 3 is 2.75 bits per heavy atom. The van der Waals surface area contributed by atoms with Crippen LogP contribution in [0.1, 0.15) is 11.1 Å². The van der Waals surface area contributed by atoms with E-state index in [4.69, 9.17) is 25.8 Å². The van der Waals surface area contributed by atoms with Crippen molar-refractivity contribution in [2.24, 2.45) is 0 Å². The lowest BCUT2D eigenvalue weighted by atomic mass is 10.1. The van der Waals surface area contributed by atoms with Gasteiger partial charge in [0.15, 0.2) is 23.0 Å². The number of phenols is 1. The number of phenolic OH excluding ortho intramolecular Hbond substituents is 1. The molecule has 0 unspecified atom stereocenters. The van der Waals surface area contributed by atoms with Gasteiger partial charge in [0.25, 0.3) is 11.1 Å². The van der Waals surface area contributed by atoms with Crippen molar-refractivity contribution in [1.82, 2.24) is 4.90 Å². The number of thioether (sulfide) groups is 1. The lowest BCUT2D eigenvalue weighted by Crippen LogP contribution is -2.27. The van der Waals surface area contributed by atoms with Crippen LogP contribution in [0.5, 0.6) is 23.0 Å². The third-order valence-corrected chi connectivity index (χ3v) is 5.50. The van der Waals surface area contributed by atoms with Crippen LogP contribution in [0, 0.1) is 0 Å². The zero-order valence-electron chi connectivity index (χ0n) is 14.6. The van der Waals surface area contributed by atoms with Gasteiger partial charge in [-0.3, -0.25) is 14.5 Å². The van der Waals surface area contributed by atoms with E-state index >= 15 is 0 Å². The normalized spacial score (nSPS) is 16.9. The molecule has 0 bridgehead atoms. The van der Waals surface area contributed by atoms with E-state index in [1.807, 2.05) is 0 Å². The fraction of sp³-hybridized carbons (Fsp3) is 0.158. The second-order valence-corrected chi connectivity index (χ2v) is 7.40. The summed E-state index contributed by atoms with van der Waals surface area (Å²) in [7, 11) is 1.43. The zero-order chi connectivity index (χ0) is 19.8. The summed E-state index contributed by atoms with van der Waals surface area (Å²) in [6.45, 7) is 0.131. The number of hydrogen-bond acceptors (Lipinski definition) is 7. The molecule has 1 fully saturated rings. The Morgan fingerprint density at radius 2 is 2.00 bits per heavy atom. The number of carbonyl (C=O) groups is 2. The van der Waals surface area contributed by atoms with Gasteiger partial charge in [-0.15, -0.1) is 0 Å². The van der Waals surface area contributed by atoms with Crippen LogP contribution in [0.25, 0.3) is 6.08 Å². The third kappa shape index (κ3) is 3.36. The average Bonchev–Trinajstić information content (AvgIpc) is 3.22. The van der Waals surface area contributed by atoms with E-state index in [1.54, 1.807) is 30.3 Å². The van der Waals surface area contributed by atoms with Gasteiger partial charge < -0.3 is 19.3 Å². The molecule has 0 spiro atoms. The van der Waals surface area contributed by atoms with Crippen LogP contribution in [0.2, 0.25) is 5.02 Å². The molecule has 0 radical (unpaired) electrons. The molecule has 2 aliphatic rings. The van der Waals surface area contributed by atoms with Gasteiger partial charge >= 0.3 is 0 Å². The van der Waals surface area contributed by atoms with Gasteiger partial charge in [-0.2, -0.15) is 0 Å². The molecule has 0 saturated carbocycles. The number of aromatic hydroxyl groups is 1. The van der Waals surface area contributed by atoms with E-state index < -0.39 is 11.1 Å². The van der Waals surface area contributed by atoms with E-state index in [1.165, 1.54) is 13.2 Å². The summed E-state index contributed by atoms with van der Waals surface area (Å²) in [6, 6.07) is 7.94. The van der Waals surface area contributed by atoms with Gasteiger partial charge in [-0.25, -0.2) is 0 Å². The predicted octanol–water partition coefficient (Wildman–Crippen LogP) is 4.02. The molecule has 2 aliphatic heterocycles. The van der Waals surface area contributed by atoms with Crippen LogP contribution in [-0.2, 0) is 11.3 Å². The Balaban J connectivity index is 1.58. The number of halogens is 1. The SMILES string of the molecule is COc1cc(/C=C2/SC(=O)N(Cc3cc4c(cc3Cl)OCO4)C2=O)ccc1O. The van der Waals surface area contributed by atoms with Crippen LogP contribution in [0.15, 0.2) is 35.2 Å². The molecule has 2 heterocycles.